The standard InChI is InChI=1S/C18H13Cl2FN4O/c19-10-2-1-3-11(20)14(10)15-12-4-5-13(24-25(12)9-22-16(15)26)23-18-6-17(21,7-18)8-18/h1-5,9H,6-8H2,(H,23,24). The molecule has 0 saturated heterocycles. The van der Waals surface area contributed by atoms with Crippen LogP contribution in [0.3, 0.4) is 0 Å². The molecule has 1 N–H and O–H groups in total. The third kappa shape index (κ3) is 2.25. The number of benzene rings is 1. The van der Waals surface area contributed by atoms with Crippen molar-refractivity contribution in [3.63, 3.8) is 0 Å². The summed E-state index contributed by atoms with van der Waals surface area (Å²) in [6.07, 6.45) is 2.91. The van der Waals surface area contributed by atoms with Crippen molar-refractivity contribution in [2.75, 3.05) is 5.32 Å². The third-order valence-corrected chi connectivity index (χ3v) is 5.82. The first-order valence-corrected chi connectivity index (χ1v) is 8.94. The highest BCUT2D eigenvalue weighted by Crippen LogP contribution is 2.64. The molecule has 132 valence electrons. The number of nitrogens with zero attached hydrogens (tertiary/aromatic N) is 3. The highest BCUT2D eigenvalue weighted by molar-refractivity contribution is 6.39. The van der Waals surface area contributed by atoms with Crippen LogP contribution in [-0.2, 0) is 0 Å². The third-order valence-electron chi connectivity index (χ3n) is 5.19. The number of rotatable bonds is 3. The summed E-state index contributed by atoms with van der Waals surface area (Å²) in [5, 5.41) is 8.51. The van der Waals surface area contributed by atoms with Gasteiger partial charge < -0.3 is 5.32 Å². The second-order valence-corrected chi connectivity index (χ2v) is 7.97. The topological polar surface area (TPSA) is 59.3 Å². The van der Waals surface area contributed by atoms with E-state index in [2.05, 4.69) is 15.4 Å². The molecule has 3 aliphatic rings. The molecule has 3 aromatic rings. The van der Waals surface area contributed by atoms with E-state index in [-0.39, 0.29) is 5.54 Å². The zero-order valence-electron chi connectivity index (χ0n) is 13.5. The Morgan fingerprint density at radius 2 is 1.77 bits per heavy atom. The second-order valence-electron chi connectivity index (χ2n) is 7.16. The van der Waals surface area contributed by atoms with Crippen LogP contribution in [0.4, 0.5) is 10.2 Å². The highest BCUT2D eigenvalue weighted by Gasteiger charge is 2.69. The van der Waals surface area contributed by atoms with Gasteiger partial charge in [0, 0.05) is 30.4 Å². The number of halogens is 3. The molecule has 0 atom stereocenters. The first kappa shape index (κ1) is 16.0. The van der Waals surface area contributed by atoms with Gasteiger partial charge in [-0.3, -0.25) is 4.79 Å². The number of hydrogen-bond acceptors (Lipinski definition) is 4. The minimum atomic E-state index is -0.982. The van der Waals surface area contributed by atoms with E-state index in [1.807, 2.05) is 0 Å². The molecule has 6 rings (SSSR count). The van der Waals surface area contributed by atoms with E-state index < -0.39 is 11.2 Å². The van der Waals surface area contributed by atoms with Gasteiger partial charge in [0.15, 0.2) is 0 Å². The Bertz CT molecular complexity index is 1090. The zero-order valence-corrected chi connectivity index (χ0v) is 15.0. The molecule has 3 fully saturated rings. The quantitative estimate of drug-likeness (QED) is 0.730. The predicted molar refractivity (Wildman–Crippen MR) is 98.8 cm³/mol. The molecule has 3 aliphatic carbocycles. The fraction of sp³-hybridized carbons (Fsp3) is 0.278. The van der Waals surface area contributed by atoms with Gasteiger partial charge in [-0.25, -0.2) is 8.91 Å². The molecule has 2 heterocycles. The average Bonchev–Trinajstić information content (AvgIpc) is 2.54. The molecular formula is C18H13Cl2FN4O. The Morgan fingerprint density at radius 1 is 1.08 bits per heavy atom. The highest BCUT2D eigenvalue weighted by atomic mass is 35.5. The second kappa shape index (κ2) is 5.18. The maximum atomic E-state index is 13.7. The number of alkyl halides is 1. The normalized spacial score (nSPS) is 26.3. The first-order chi connectivity index (χ1) is 12.4. The van der Waals surface area contributed by atoms with Gasteiger partial charge in [0.2, 0.25) is 0 Å². The van der Waals surface area contributed by atoms with E-state index in [1.165, 1.54) is 10.8 Å². The van der Waals surface area contributed by atoms with Crippen molar-refractivity contribution in [1.29, 1.82) is 0 Å². The van der Waals surface area contributed by atoms with Crippen LogP contribution in [0.2, 0.25) is 10.0 Å². The van der Waals surface area contributed by atoms with Gasteiger partial charge in [-0.05, 0) is 24.3 Å². The number of nitrogens with one attached hydrogen (secondary N) is 1. The monoisotopic (exact) mass is 390 g/mol. The molecule has 0 aliphatic heterocycles. The average molecular weight is 391 g/mol. The Labute approximate surface area is 157 Å². The Hall–Kier alpha value is -2.18. The number of fused-ring (bicyclic) bond motifs is 1. The van der Waals surface area contributed by atoms with Gasteiger partial charge in [-0.2, -0.15) is 4.98 Å². The summed E-state index contributed by atoms with van der Waals surface area (Å²) < 4.78 is 15.2. The smallest absolute Gasteiger partial charge is 0.281 e. The van der Waals surface area contributed by atoms with E-state index in [9.17, 15) is 9.18 Å². The van der Waals surface area contributed by atoms with Crippen molar-refractivity contribution in [2.24, 2.45) is 0 Å². The van der Waals surface area contributed by atoms with Gasteiger partial charge in [0.1, 0.15) is 17.8 Å². The maximum absolute atomic E-state index is 13.7. The Morgan fingerprint density at radius 3 is 2.42 bits per heavy atom. The van der Waals surface area contributed by atoms with Crippen LogP contribution >= 0.6 is 23.2 Å². The number of hydrogen-bond donors (Lipinski definition) is 1. The molecule has 2 aromatic heterocycles. The Kier molecular flexibility index (Phi) is 3.19. The van der Waals surface area contributed by atoms with Gasteiger partial charge in [-0.1, -0.05) is 29.3 Å². The fourth-order valence-corrected chi connectivity index (χ4v) is 4.70. The lowest BCUT2D eigenvalue weighted by Crippen LogP contribution is -2.73. The molecule has 5 nitrogen and oxygen atoms in total. The summed E-state index contributed by atoms with van der Waals surface area (Å²) in [6.45, 7) is 0. The van der Waals surface area contributed by atoms with Gasteiger partial charge in [0.25, 0.3) is 5.56 Å². The van der Waals surface area contributed by atoms with E-state index in [4.69, 9.17) is 23.2 Å². The number of anilines is 1. The lowest BCUT2D eigenvalue weighted by molar-refractivity contribution is -0.137. The van der Waals surface area contributed by atoms with Crippen LogP contribution in [0.5, 0.6) is 0 Å². The van der Waals surface area contributed by atoms with Crippen molar-refractivity contribution in [1.82, 2.24) is 14.6 Å². The summed E-state index contributed by atoms with van der Waals surface area (Å²) in [4.78, 5) is 16.3. The lowest BCUT2D eigenvalue weighted by Gasteiger charge is -2.65. The van der Waals surface area contributed by atoms with Crippen LogP contribution in [0.1, 0.15) is 19.3 Å². The minimum absolute atomic E-state index is 0.184. The fourth-order valence-electron chi connectivity index (χ4n) is 4.11. The molecule has 0 unspecified atom stereocenters. The lowest BCUT2D eigenvalue weighted by atomic mass is 9.47. The van der Waals surface area contributed by atoms with E-state index in [1.54, 1.807) is 30.3 Å². The van der Waals surface area contributed by atoms with Crippen LogP contribution < -0.4 is 10.9 Å². The molecule has 1 aromatic carbocycles. The van der Waals surface area contributed by atoms with Crippen LogP contribution in [0.15, 0.2) is 41.5 Å². The predicted octanol–water partition coefficient (Wildman–Crippen LogP) is 4.12. The zero-order chi connectivity index (χ0) is 18.1. The van der Waals surface area contributed by atoms with Crippen molar-refractivity contribution in [3.05, 3.63) is 57.1 Å². The molecule has 8 heteroatoms. The summed E-state index contributed by atoms with van der Waals surface area (Å²) in [5.74, 6) is 0.612. The summed E-state index contributed by atoms with van der Waals surface area (Å²) in [7, 11) is 0. The van der Waals surface area contributed by atoms with Crippen LogP contribution in [0, 0.1) is 0 Å². The van der Waals surface area contributed by atoms with Crippen molar-refractivity contribution >= 4 is 34.5 Å². The van der Waals surface area contributed by atoms with Crippen molar-refractivity contribution < 1.29 is 4.39 Å². The molecule has 0 amide bonds. The first-order valence-electron chi connectivity index (χ1n) is 8.18. The van der Waals surface area contributed by atoms with Crippen LogP contribution in [0.25, 0.3) is 16.6 Å². The molecular weight excluding hydrogens is 378 g/mol. The SMILES string of the molecule is O=c1ncn2nc(NC34CC(F)(C3)C4)ccc2c1-c1c(Cl)cccc1Cl. The van der Waals surface area contributed by atoms with Gasteiger partial charge in [0.05, 0.1) is 21.1 Å². The van der Waals surface area contributed by atoms with E-state index in [0.29, 0.717) is 51.8 Å². The van der Waals surface area contributed by atoms with E-state index in [0.717, 1.165) is 0 Å². The molecule has 0 radical (unpaired) electrons. The molecule has 26 heavy (non-hydrogen) atoms. The van der Waals surface area contributed by atoms with Crippen LogP contribution in [-0.4, -0.2) is 25.8 Å². The summed E-state index contributed by atoms with van der Waals surface area (Å²) in [6, 6.07) is 8.60. The van der Waals surface area contributed by atoms with Crippen molar-refractivity contribution in [3.8, 4) is 11.1 Å². The summed E-state index contributed by atoms with van der Waals surface area (Å²) >= 11 is 12.5. The minimum Gasteiger partial charge on any atom is -0.363 e. The number of aromatic nitrogens is 3. The molecule has 2 bridgehead atoms. The summed E-state index contributed by atoms with van der Waals surface area (Å²) in [5.41, 5.74) is -0.310. The van der Waals surface area contributed by atoms with Gasteiger partial charge in [-0.15, -0.1) is 5.10 Å². The largest absolute Gasteiger partial charge is 0.363 e. The van der Waals surface area contributed by atoms with Gasteiger partial charge >= 0.3 is 0 Å². The molecule has 0 spiro atoms. The Balaban J connectivity index is 1.61. The maximum Gasteiger partial charge on any atom is 0.281 e. The van der Waals surface area contributed by atoms with E-state index >= 15 is 0 Å². The van der Waals surface area contributed by atoms with Crippen molar-refractivity contribution in [2.45, 2.75) is 30.5 Å². The molecule has 3 saturated carbocycles.